The van der Waals surface area contributed by atoms with Gasteiger partial charge >= 0.3 is 0 Å². The number of nitrogens with zero attached hydrogens (tertiary/aromatic N) is 3. The zero-order valence-corrected chi connectivity index (χ0v) is 13.7. The van der Waals surface area contributed by atoms with E-state index in [1.165, 1.54) is 0 Å². The maximum Gasteiger partial charge on any atom is 0.210 e. The van der Waals surface area contributed by atoms with Crippen LogP contribution in [0.4, 0.5) is 17.1 Å². The van der Waals surface area contributed by atoms with Crippen molar-refractivity contribution >= 4 is 57.6 Å². The SMILES string of the molecule is COCC(C)N=C(NN)Nc1c(Cl)cc(Cl)c2c1N=S=N2. The number of methoxy groups -OCH3 is 1. The van der Waals surface area contributed by atoms with Crippen LogP contribution in [0.1, 0.15) is 6.92 Å². The molecule has 1 aromatic carbocycles. The summed E-state index contributed by atoms with van der Waals surface area (Å²) in [7, 11) is 1.61. The Balaban J connectivity index is 2.31. The van der Waals surface area contributed by atoms with Gasteiger partial charge in [0.15, 0.2) is 0 Å². The zero-order valence-electron chi connectivity index (χ0n) is 11.4. The van der Waals surface area contributed by atoms with Gasteiger partial charge in [-0.25, -0.2) is 10.8 Å². The third kappa shape index (κ3) is 3.72. The first-order valence-corrected chi connectivity index (χ1v) is 7.46. The van der Waals surface area contributed by atoms with Gasteiger partial charge in [0.05, 0.1) is 39.7 Å². The minimum absolute atomic E-state index is 0.0799. The molecule has 21 heavy (non-hydrogen) atoms. The quantitative estimate of drug-likeness (QED) is 0.342. The lowest BCUT2D eigenvalue weighted by Crippen LogP contribution is -2.37. The van der Waals surface area contributed by atoms with E-state index < -0.39 is 0 Å². The van der Waals surface area contributed by atoms with Crippen LogP contribution >= 0.6 is 23.2 Å². The number of rotatable bonds is 4. The number of ether oxygens (including phenoxy) is 1. The highest BCUT2D eigenvalue weighted by molar-refractivity contribution is 7.58. The van der Waals surface area contributed by atoms with Crippen LogP contribution in [0.5, 0.6) is 0 Å². The first kappa shape index (κ1) is 16.2. The summed E-state index contributed by atoms with van der Waals surface area (Å²) >= 11 is 13.3. The van der Waals surface area contributed by atoms with Crippen LogP contribution in [0.25, 0.3) is 0 Å². The second-order valence-corrected chi connectivity index (χ2v) is 5.57. The number of nitrogens with one attached hydrogen (secondary N) is 2. The lowest BCUT2D eigenvalue weighted by atomic mass is 10.2. The molecule has 1 aromatic rings. The van der Waals surface area contributed by atoms with E-state index in [9.17, 15) is 0 Å². The summed E-state index contributed by atoms with van der Waals surface area (Å²) in [6.45, 7) is 2.36. The summed E-state index contributed by atoms with van der Waals surface area (Å²) in [5, 5.41) is 3.87. The molecule has 2 rings (SSSR count). The van der Waals surface area contributed by atoms with Gasteiger partial charge in [-0.05, 0) is 13.0 Å². The van der Waals surface area contributed by atoms with E-state index in [1.54, 1.807) is 13.2 Å². The number of guanidine groups is 1. The Hall–Kier alpha value is -1.19. The number of hydrogen-bond donors (Lipinski definition) is 3. The van der Waals surface area contributed by atoms with Gasteiger partial charge in [0.1, 0.15) is 11.4 Å². The van der Waals surface area contributed by atoms with Crippen LogP contribution in [0.2, 0.25) is 10.0 Å². The standard InChI is InChI=1S/C11H14Cl2N6OS/c1-5(4-20-2)15-11(17-14)16-8-6(12)3-7(13)9-10(8)19-21-18-9/h3,5H,4,14H2,1-2H3,(H2,15,16,17). The normalized spacial score (nSPS) is 14.6. The molecule has 0 fully saturated rings. The highest BCUT2D eigenvalue weighted by Gasteiger charge is 2.19. The van der Waals surface area contributed by atoms with Gasteiger partial charge in [0.25, 0.3) is 0 Å². The average molecular weight is 349 g/mol. The van der Waals surface area contributed by atoms with Crippen LogP contribution < -0.4 is 16.6 Å². The Morgan fingerprint density at radius 1 is 1.43 bits per heavy atom. The van der Waals surface area contributed by atoms with E-state index in [4.69, 9.17) is 33.8 Å². The smallest absolute Gasteiger partial charge is 0.210 e. The molecular formula is C11H14Cl2N6OS. The lowest BCUT2D eigenvalue weighted by Gasteiger charge is -2.15. The first-order chi connectivity index (χ1) is 10.1. The van der Waals surface area contributed by atoms with Gasteiger partial charge in [-0.2, -0.15) is 8.73 Å². The predicted octanol–water partition coefficient (Wildman–Crippen LogP) is 2.99. The first-order valence-electron chi connectivity index (χ1n) is 5.97. The Bertz CT molecular complexity index is 644. The Morgan fingerprint density at radius 3 is 2.81 bits per heavy atom. The van der Waals surface area contributed by atoms with Crippen molar-refractivity contribution in [2.75, 3.05) is 19.0 Å². The summed E-state index contributed by atoms with van der Waals surface area (Å²) in [6, 6.07) is 1.52. The largest absolute Gasteiger partial charge is 0.382 e. The van der Waals surface area contributed by atoms with Crippen LogP contribution in [0.15, 0.2) is 19.8 Å². The Kier molecular flexibility index (Phi) is 5.54. The van der Waals surface area contributed by atoms with Crippen molar-refractivity contribution in [3.63, 3.8) is 0 Å². The summed E-state index contributed by atoms with van der Waals surface area (Å²) in [5.41, 5.74) is 4.18. The van der Waals surface area contributed by atoms with Crippen LogP contribution in [-0.2, 0) is 16.1 Å². The third-order valence-electron chi connectivity index (χ3n) is 2.58. The van der Waals surface area contributed by atoms with E-state index in [-0.39, 0.29) is 6.04 Å². The average Bonchev–Trinajstić information content (AvgIpc) is 2.92. The fourth-order valence-electron chi connectivity index (χ4n) is 1.72. The predicted molar refractivity (Wildman–Crippen MR) is 87.7 cm³/mol. The van der Waals surface area contributed by atoms with E-state index in [0.29, 0.717) is 39.7 Å². The summed E-state index contributed by atoms with van der Waals surface area (Å²) in [6.07, 6.45) is 0. The van der Waals surface area contributed by atoms with Crippen LogP contribution in [-0.4, -0.2) is 25.7 Å². The maximum absolute atomic E-state index is 6.21. The number of halogens is 2. The summed E-state index contributed by atoms with van der Waals surface area (Å²) in [5.74, 6) is 5.82. The van der Waals surface area contributed by atoms with E-state index in [0.717, 1.165) is 11.4 Å². The van der Waals surface area contributed by atoms with E-state index >= 15 is 0 Å². The minimum atomic E-state index is -0.0799. The number of anilines is 1. The fraction of sp³-hybridized carbons (Fsp3) is 0.364. The molecule has 0 aliphatic carbocycles. The van der Waals surface area contributed by atoms with Gasteiger partial charge in [-0.3, -0.25) is 5.43 Å². The molecule has 0 bridgehead atoms. The molecule has 0 saturated carbocycles. The Morgan fingerprint density at radius 2 is 2.14 bits per heavy atom. The molecule has 0 aromatic heterocycles. The lowest BCUT2D eigenvalue weighted by molar-refractivity contribution is 0.185. The molecule has 0 radical (unpaired) electrons. The molecule has 1 aliphatic heterocycles. The van der Waals surface area contributed by atoms with E-state index in [1.807, 2.05) is 6.92 Å². The van der Waals surface area contributed by atoms with Gasteiger partial charge in [0.2, 0.25) is 5.96 Å². The van der Waals surface area contributed by atoms with Crippen molar-refractivity contribution < 1.29 is 4.74 Å². The number of benzene rings is 1. The van der Waals surface area contributed by atoms with Crippen molar-refractivity contribution in [3.8, 4) is 0 Å². The zero-order chi connectivity index (χ0) is 15.4. The highest BCUT2D eigenvalue weighted by atomic mass is 35.5. The Labute approximate surface area is 135 Å². The minimum Gasteiger partial charge on any atom is -0.382 e. The van der Waals surface area contributed by atoms with Crippen LogP contribution in [0, 0.1) is 0 Å². The van der Waals surface area contributed by atoms with Crippen molar-refractivity contribution in [2.24, 2.45) is 19.6 Å². The molecule has 114 valence electrons. The number of aliphatic imine (C=N–C) groups is 1. The van der Waals surface area contributed by atoms with Gasteiger partial charge < -0.3 is 10.1 Å². The number of fused-ring (bicyclic) bond motifs is 1. The molecule has 7 nitrogen and oxygen atoms in total. The fourth-order valence-corrected chi connectivity index (χ4v) is 2.88. The number of hydrazine groups is 1. The molecule has 1 aliphatic rings. The van der Waals surface area contributed by atoms with Gasteiger partial charge in [0, 0.05) is 7.11 Å². The van der Waals surface area contributed by atoms with Crippen molar-refractivity contribution in [3.05, 3.63) is 16.1 Å². The number of nitrogens with two attached hydrogens (primary N) is 1. The maximum atomic E-state index is 6.21. The molecule has 0 saturated heterocycles. The molecule has 0 spiro atoms. The van der Waals surface area contributed by atoms with E-state index in [2.05, 4.69) is 24.5 Å². The van der Waals surface area contributed by atoms with Crippen LogP contribution in [0.3, 0.4) is 0 Å². The molecular weight excluding hydrogens is 335 g/mol. The van der Waals surface area contributed by atoms with Gasteiger partial charge in [-0.1, -0.05) is 23.2 Å². The second-order valence-electron chi connectivity index (χ2n) is 4.23. The highest BCUT2D eigenvalue weighted by Crippen LogP contribution is 2.47. The molecule has 4 N–H and O–H groups in total. The monoisotopic (exact) mass is 348 g/mol. The molecule has 1 atom stereocenters. The second kappa shape index (κ2) is 7.19. The van der Waals surface area contributed by atoms with Crippen molar-refractivity contribution in [1.82, 2.24) is 5.43 Å². The molecule has 0 amide bonds. The van der Waals surface area contributed by atoms with Crippen molar-refractivity contribution in [2.45, 2.75) is 13.0 Å². The van der Waals surface area contributed by atoms with Crippen molar-refractivity contribution in [1.29, 1.82) is 0 Å². The number of hydrogen-bond acceptors (Lipinski definition) is 5. The van der Waals surface area contributed by atoms with Gasteiger partial charge in [-0.15, -0.1) is 0 Å². The third-order valence-corrected chi connectivity index (χ3v) is 3.70. The topological polar surface area (TPSA) is 96.4 Å². The molecule has 1 unspecified atom stereocenters. The summed E-state index contributed by atoms with van der Waals surface area (Å²) < 4.78 is 13.4. The molecule has 10 heteroatoms. The molecule has 1 heterocycles. The summed E-state index contributed by atoms with van der Waals surface area (Å²) in [4.78, 5) is 4.34.